The molecule has 1 heterocycles. The molecule has 0 radical (unpaired) electrons. The summed E-state index contributed by atoms with van der Waals surface area (Å²) in [5.41, 5.74) is 1.57. The number of aromatic nitrogens is 1. The van der Waals surface area contributed by atoms with Crippen LogP contribution in [-0.4, -0.2) is 39.4 Å². The zero-order chi connectivity index (χ0) is 23.1. The van der Waals surface area contributed by atoms with Crippen LogP contribution < -0.4 is 20.1 Å². The first-order valence-corrected chi connectivity index (χ1v) is 11.0. The van der Waals surface area contributed by atoms with Gasteiger partial charge in [0.05, 0.1) is 19.3 Å². The van der Waals surface area contributed by atoms with Crippen LogP contribution in [0.3, 0.4) is 0 Å². The van der Waals surface area contributed by atoms with E-state index in [2.05, 4.69) is 20.3 Å². The van der Waals surface area contributed by atoms with Crippen molar-refractivity contribution in [3.8, 4) is 5.75 Å². The molecule has 0 unspecified atom stereocenters. The molecule has 0 aliphatic carbocycles. The van der Waals surface area contributed by atoms with Crippen LogP contribution in [0.2, 0.25) is 0 Å². The highest BCUT2D eigenvalue weighted by molar-refractivity contribution is 7.89. The van der Waals surface area contributed by atoms with Crippen LogP contribution in [0.5, 0.6) is 5.75 Å². The maximum Gasteiger partial charge on any atom is 0.255 e. The third-order valence-corrected chi connectivity index (χ3v) is 5.96. The van der Waals surface area contributed by atoms with Gasteiger partial charge in [-0.15, -0.1) is 0 Å². The van der Waals surface area contributed by atoms with E-state index in [4.69, 9.17) is 4.74 Å². The number of nitrogens with one attached hydrogen (secondary N) is 3. The number of carbonyl (C=O) groups excluding carboxylic acids is 2. The van der Waals surface area contributed by atoms with Gasteiger partial charge >= 0.3 is 0 Å². The number of rotatable bonds is 8. The first-order valence-electron chi connectivity index (χ1n) is 9.55. The number of hydrogen-bond donors (Lipinski definition) is 3. The predicted molar refractivity (Wildman–Crippen MR) is 119 cm³/mol. The Bertz CT molecular complexity index is 1230. The number of ether oxygens (including phenoxy) is 1. The van der Waals surface area contributed by atoms with E-state index in [-0.39, 0.29) is 28.7 Å². The highest BCUT2D eigenvalue weighted by Crippen LogP contribution is 2.25. The normalized spacial score (nSPS) is 10.9. The molecule has 0 aliphatic rings. The Morgan fingerprint density at radius 2 is 1.75 bits per heavy atom. The summed E-state index contributed by atoms with van der Waals surface area (Å²) >= 11 is 0. The van der Waals surface area contributed by atoms with E-state index >= 15 is 0 Å². The number of carbonyl (C=O) groups is 2. The van der Waals surface area contributed by atoms with Crippen molar-refractivity contribution in [1.82, 2.24) is 15.0 Å². The molecular weight excluding hydrogens is 432 g/mol. The fraction of sp³-hybridized carbons (Fsp3) is 0.136. The van der Waals surface area contributed by atoms with E-state index < -0.39 is 15.9 Å². The van der Waals surface area contributed by atoms with Gasteiger partial charge < -0.3 is 15.4 Å². The van der Waals surface area contributed by atoms with Crippen LogP contribution in [-0.2, 0) is 16.6 Å². The van der Waals surface area contributed by atoms with Crippen LogP contribution in [0.1, 0.15) is 26.4 Å². The van der Waals surface area contributed by atoms with Crippen molar-refractivity contribution < 1.29 is 22.7 Å². The molecule has 0 aliphatic heterocycles. The standard InChI is InChI=1S/C22H22N4O5S/c1-23-32(29,30)20-13-16(9-10-19(20)31-2)22(28)26-17-8-5-6-15(12-17)21(27)25-14-18-7-3-4-11-24-18/h3-13,23H,14H2,1-2H3,(H,25,27)(H,26,28). The molecule has 3 N–H and O–H groups in total. The SMILES string of the molecule is CNS(=O)(=O)c1cc(C(=O)Nc2cccc(C(=O)NCc3ccccn3)c2)ccc1OC. The van der Waals surface area contributed by atoms with Crippen LogP contribution in [0.25, 0.3) is 0 Å². The quantitative estimate of drug-likeness (QED) is 0.479. The minimum atomic E-state index is -3.83. The van der Waals surface area contributed by atoms with Crippen molar-refractivity contribution in [3.05, 3.63) is 83.7 Å². The summed E-state index contributed by atoms with van der Waals surface area (Å²) in [6.45, 7) is 0.269. The van der Waals surface area contributed by atoms with Crippen molar-refractivity contribution in [1.29, 1.82) is 0 Å². The summed E-state index contributed by atoms with van der Waals surface area (Å²) in [6, 6.07) is 15.9. The number of sulfonamides is 1. The fourth-order valence-corrected chi connectivity index (χ4v) is 3.77. The summed E-state index contributed by atoms with van der Waals surface area (Å²) in [5, 5.41) is 5.44. The molecule has 0 saturated carbocycles. The van der Waals surface area contributed by atoms with Gasteiger partial charge in [0, 0.05) is 23.0 Å². The van der Waals surface area contributed by atoms with Gasteiger partial charge in [0.2, 0.25) is 10.0 Å². The second-order valence-electron chi connectivity index (χ2n) is 6.61. The smallest absolute Gasteiger partial charge is 0.255 e. The lowest BCUT2D eigenvalue weighted by Crippen LogP contribution is -2.23. The minimum Gasteiger partial charge on any atom is -0.495 e. The summed E-state index contributed by atoms with van der Waals surface area (Å²) in [7, 11) is -1.22. The largest absolute Gasteiger partial charge is 0.495 e. The molecular formula is C22H22N4O5S. The highest BCUT2D eigenvalue weighted by atomic mass is 32.2. The number of amides is 2. The van der Waals surface area contributed by atoms with E-state index in [1.165, 1.54) is 38.4 Å². The Morgan fingerprint density at radius 3 is 2.44 bits per heavy atom. The molecule has 3 rings (SSSR count). The molecule has 3 aromatic rings. The average Bonchev–Trinajstić information content (AvgIpc) is 2.82. The van der Waals surface area contributed by atoms with Crippen molar-refractivity contribution in [3.63, 3.8) is 0 Å². The average molecular weight is 455 g/mol. The monoisotopic (exact) mass is 454 g/mol. The van der Waals surface area contributed by atoms with Gasteiger partial charge in [0.15, 0.2) is 0 Å². The highest BCUT2D eigenvalue weighted by Gasteiger charge is 2.20. The van der Waals surface area contributed by atoms with Crippen LogP contribution in [0, 0.1) is 0 Å². The van der Waals surface area contributed by atoms with Crippen molar-refractivity contribution in [2.45, 2.75) is 11.4 Å². The van der Waals surface area contributed by atoms with Crippen LogP contribution >= 0.6 is 0 Å². The number of hydrogen-bond acceptors (Lipinski definition) is 6. The van der Waals surface area contributed by atoms with Crippen LogP contribution in [0.15, 0.2) is 71.8 Å². The first-order chi connectivity index (χ1) is 15.3. The van der Waals surface area contributed by atoms with E-state index in [9.17, 15) is 18.0 Å². The molecule has 0 spiro atoms. The van der Waals surface area contributed by atoms with Crippen LogP contribution in [0.4, 0.5) is 5.69 Å². The molecule has 0 fully saturated rings. The molecule has 0 bridgehead atoms. The van der Waals surface area contributed by atoms with E-state index in [0.29, 0.717) is 11.3 Å². The van der Waals surface area contributed by atoms with Gasteiger partial charge in [0.1, 0.15) is 10.6 Å². The lowest BCUT2D eigenvalue weighted by Gasteiger charge is -2.12. The second-order valence-corrected chi connectivity index (χ2v) is 8.47. The molecule has 32 heavy (non-hydrogen) atoms. The maximum atomic E-state index is 12.7. The summed E-state index contributed by atoms with van der Waals surface area (Å²) in [5.74, 6) is -0.743. The number of anilines is 1. The predicted octanol–water partition coefficient (Wildman–Crippen LogP) is 2.18. The molecule has 0 atom stereocenters. The Labute approximate surface area is 185 Å². The Hall–Kier alpha value is -3.76. The molecule has 2 amide bonds. The van der Waals surface area contributed by atoms with Gasteiger partial charge in [0.25, 0.3) is 11.8 Å². The zero-order valence-corrected chi connectivity index (χ0v) is 18.3. The Morgan fingerprint density at radius 1 is 0.969 bits per heavy atom. The topological polar surface area (TPSA) is 126 Å². The first kappa shape index (κ1) is 22.9. The van der Waals surface area contributed by atoms with Crippen molar-refractivity contribution >= 4 is 27.5 Å². The van der Waals surface area contributed by atoms with Crippen molar-refractivity contribution in [2.24, 2.45) is 0 Å². The minimum absolute atomic E-state index is 0.113. The van der Waals surface area contributed by atoms with Gasteiger partial charge in [-0.2, -0.15) is 0 Å². The fourth-order valence-electron chi connectivity index (χ4n) is 2.85. The van der Waals surface area contributed by atoms with E-state index in [1.54, 1.807) is 36.5 Å². The Balaban J connectivity index is 1.74. The Kier molecular flexibility index (Phi) is 7.18. The molecule has 166 valence electrons. The zero-order valence-electron chi connectivity index (χ0n) is 17.5. The second kappa shape index (κ2) is 10.0. The molecule has 9 nitrogen and oxygen atoms in total. The van der Waals surface area contributed by atoms with Crippen molar-refractivity contribution in [2.75, 3.05) is 19.5 Å². The van der Waals surface area contributed by atoms with Gasteiger partial charge in [-0.1, -0.05) is 12.1 Å². The third-order valence-electron chi connectivity index (χ3n) is 4.52. The summed E-state index contributed by atoms with van der Waals surface area (Å²) in [6.07, 6.45) is 1.64. The molecule has 10 heteroatoms. The number of methoxy groups -OCH3 is 1. The summed E-state index contributed by atoms with van der Waals surface area (Å²) < 4.78 is 31.7. The molecule has 1 aromatic heterocycles. The number of pyridine rings is 1. The lowest BCUT2D eigenvalue weighted by molar-refractivity contribution is 0.0949. The van der Waals surface area contributed by atoms with E-state index in [1.807, 2.05) is 6.07 Å². The van der Waals surface area contributed by atoms with Gasteiger partial charge in [-0.05, 0) is 55.6 Å². The summed E-state index contributed by atoms with van der Waals surface area (Å²) in [4.78, 5) is 29.1. The lowest BCUT2D eigenvalue weighted by atomic mass is 10.1. The van der Waals surface area contributed by atoms with E-state index in [0.717, 1.165) is 5.69 Å². The molecule has 0 saturated heterocycles. The number of benzene rings is 2. The molecule has 2 aromatic carbocycles. The van der Waals surface area contributed by atoms with Gasteiger partial charge in [-0.3, -0.25) is 14.6 Å². The number of nitrogens with zero attached hydrogens (tertiary/aromatic N) is 1. The van der Waals surface area contributed by atoms with Gasteiger partial charge in [-0.25, -0.2) is 13.1 Å². The maximum absolute atomic E-state index is 12.7. The third kappa shape index (κ3) is 5.48.